The van der Waals surface area contributed by atoms with E-state index >= 15 is 0 Å². The summed E-state index contributed by atoms with van der Waals surface area (Å²) in [5, 5.41) is 0. The van der Waals surface area contributed by atoms with E-state index in [-0.39, 0.29) is 0 Å². The molecule has 0 spiro atoms. The van der Waals surface area contributed by atoms with Crippen molar-refractivity contribution < 1.29 is 0 Å². The van der Waals surface area contributed by atoms with Gasteiger partial charge in [-0.05, 0) is 51.0 Å². The van der Waals surface area contributed by atoms with Crippen molar-refractivity contribution in [3.05, 3.63) is 70.8 Å². The van der Waals surface area contributed by atoms with E-state index in [1.54, 1.807) is 0 Å². The number of rotatable bonds is 7. The zero-order chi connectivity index (χ0) is 15.9. The quantitative estimate of drug-likeness (QED) is 0.681. The third-order valence-electron chi connectivity index (χ3n) is 4.59. The smallest absolute Gasteiger partial charge is 0.0101 e. The van der Waals surface area contributed by atoms with Gasteiger partial charge in [0, 0.05) is 5.92 Å². The van der Waals surface area contributed by atoms with Crippen molar-refractivity contribution in [1.82, 2.24) is 4.90 Å². The highest BCUT2D eigenvalue weighted by atomic mass is 15.1. The SMILES string of the molecule is CCN(CC)CCC(c1ccc(C)cc1)c1ccc(C)cc1. The molecule has 22 heavy (non-hydrogen) atoms. The zero-order valence-electron chi connectivity index (χ0n) is 14.5. The molecule has 0 heterocycles. The van der Waals surface area contributed by atoms with Gasteiger partial charge in [-0.2, -0.15) is 0 Å². The summed E-state index contributed by atoms with van der Waals surface area (Å²) in [4.78, 5) is 2.51. The first kappa shape index (κ1) is 16.8. The van der Waals surface area contributed by atoms with Crippen LogP contribution in [0.2, 0.25) is 0 Å². The Balaban J connectivity index is 2.23. The molecule has 1 heteroatoms. The van der Waals surface area contributed by atoms with Gasteiger partial charge in [-0.25, -0.2) is 0 Å². The maximum Gasteiger partial charge on any atom is 0.0101 e. The maximum absolute atomic E-state index is 2.51. The third-order valence-corrected chi connectivity index (χ3v) is 4.59. The second kappa shape index (κ2) is 8.14. The molecular formula is C21H29N. The number of nitrogens with zero attached hydrogens (tertiary/aromatic N) is 1. The summed E-state index contributed by atoms with van der Waals surface area (Å²) in [5.74, 6) is 0.488. The van der Waals surface area contributed by atoms with Crippen LogP contribution in [0.4, 0.5) is 0 Å². The lowest BCUT2D eigenvalue weighted by atomic mass is 9.87. The Morgan fingerprint density at radius 1 is 0.727 bits per heavy atom. The topological polar surface area (TPSA) is 3.24 Å². The molecule has 0 N–H and O–H groups in total. The number of hydrogen-bond acceptors (Lipinski definition) is 1. The molecule has 0 amide bonds. The summed E-state index contributed by atoms with van der Waals surface area (Å²) >= 11 is 0. The Labute approximate surface area is 136 Å². The highest BCUT2D eigenvalue weighted by Gasteiger charge is 2.15. The van der Waals surface area contributed by atoms with E-state index in [2.05, 4.69) is 81.1 Å². The first-order valence-corrected chi connectivity index (χ1v) is 8.49. The fraction of sp³-hybridized carbons (Fsp3) is 0.429. The molecule has 0 bridgehead atoms. The highest BCUT2D eigenvalue weighted by Crippen LogP contribution is 2.28. The van der Waals surface area contributed by atoms with Gasteiger partial charge in [0.05, 0.1) is 0 Å². The summed E-state index contributed by atoms with van der Waals surface area (Å²) < 4.78 is 0. The molecule has 0 fully saturated rings. The second-order valence-corrected chi connectivity index (χ2v) is 6.19. The van der Waals surface area contributed by atoms with Crippen LogP contribution in [0.15, 0.2) is 48.5 Å². The van der Waals surface area contributed by atoms with Crippen LogP contribution in [0.3, 0.4) is 0 Å². The van der Waals surface area contributed by atoms with Gasteiger partial charge in [-0.3, -0.25) is 0 Å². The molecule has 0 aliphatic heterocycles. The minimum atomic E-state index is 0.488. The molecular weight excluding hydrogens is 266 g/mol. The van der Waals surface area contributed by atoms with Crippen molar-refractivity contribution in [2.45, 2.75) is 40.0 Å². The standard InChI is InChI=1S/C21H29N/c1-5-22(6-2)16-15-21(19-11-7-17(3)8-12-19)20-13-9-18(4)10-14-20/h7-14,21H,5-6,15-16H2,1-4H3. The fourth-order valence-corrected chi connectivity index (χ4v) is 2.97. The summed E-state index contributed by atoms with van der Waals surface area (Å²) in [6.07, 6.45) is 1.17. The first-order chi connectivity index (χ1) is 10.6. The van der Waals surface area contributed by atoms with Gasteiger partial charge in [0.1, 0.15) is 0 Å². The number of hydrogen-bond donors (Lipinski definition) is 0. The molecule has 0 radical (unpaired) electrons. The average molecular weight is 295 g/mol. The molecule has 2 rings (SSSR count). The first-order valence-electron chi connectivity index (χ1n) is 8.49. The van der Waals surface area contributed by atoms with Crippen LogP contribution in [-0.4, -0.2) is 24.5 Å². The Morgan fingerprint density at radius 2 is 1.14 bits per heavy atom. The molecule has 2 aromatic rings. The molecule has 1 nitrogen and oxygen atoms in total. The van der Waals surface area contributed by atoms with Crippen LogP contribution in [0.5, 0.6) is 0 Å². The Hall–Kier alpha value is -1.60. The van der Waals surface area contributed by atoms with Crippen molar-refractivity contribution in [2.24, 2.45) is 0 Å². The summed E-state index contributed by atoms with van der Waals surface area (Å²) in [6, 6.07) is 18.1. The fourth-order valence-electron chi connectivity index (χ4n) is 2.97. The largest absolute Gasteiger partial charge is 0.304 e. The molecule has 0 atom stereocenters. The van der Waals surface area contributed by atoms with E-state index in [1.165, 1.54) is 28.7 Å². The highest BCUT2D eigenvalue weighted by molar-refractivity contribution is 5.35. The van der Waals surface area contributed by atoms with Gasteiger partial charge < -0.3 is 4.90 Å². The minimum absolute atomic E-state index is 0.488. The van der Waals surface area contributed by atoms with Gasteiger partial charge in [-0.1, -0.05) is 73.5 Å². The van der Waals surface area contributed by atoms with E-state index in [0.29, 0.717) is 5.92 Å². The summed E-state index contributed by atoms with van der Waals surface area (Å²) in [6.45, 7) is 12.2. The Morgan fingerprint density at radius 3 is 1.50 bits per heavy atom. The van der Waals surface area contributed by atoms with Gasteiger partial charge in [0.15, 0.2) is 0 Å². The minimum Gasteiger partial charge on any atom is -0.304 e. The second-order valence-electron chi connectivity index (χ2n) is 6.19. The van der Waals surface area contributed by atoms with Crippen LogP contribution in [0.1, 0.15) is 48.4 Å². The van der Waals surface area contributed by atoms with Gasteiger partial charge >= 0.3 is 0 Å². The lowest BCUT2D eigenvalue weighted by Crippen LogP contribution is -2.25. The van der Waals surface area contributed by atoms with E-state index in [1.807, 2.05) is 0 Å². The van der Waals surface area contributed by atoms with Crippen molar-refractivity contribution >= 4 is 0 Å². The van der Waals surface area contributed by atoms with Crippen LogP contribution < -0.4 is 0 Å². The molecule has 0 aliphatic carbocycles. The van der Waals surface area contributed by atoms with Crippen molar-refractivity contribution in [3.8, 4) is 0 Å². The van der Waals surface area contributed by atoms with Crippen LogP contribution in [0.25, 0.3) is 0 Å². The van der Waals surface area contributed by atoms with Crippen LogP contribution in [-0.2, 0) is 0 Å². The molecule has 0 aliphatic rings. The average Bonchev–Trinajstić information content (AvgIpc) is 2.54. The summed E-state index contributed by atoms with van der Waals surface area (Å²) in [7, 11) is 0. The van der Waals surface area contributed by atoms with Crippen LogP contribution >= 0.6 is 0 Å². The van der Waals surface area contributed by atoms with Crippen molar-refractivity contribution in [2.75, 3.05) is 19.6 Å². The molecule has 2 aromatic carbocycles. The van der Waals surface area contributed by atoms with Crippen molar-refractivity contribution in [3.63, 3.8) is 0 Å². The lowest BCUT2D eigenvalue weighted by Gasteiger charge is -2.24. The predicted octanol–water partition coefficient (Wildman–Crippen LogP) is 5.17. The maximum atomic E-state index is 2.51. The molecule has 0 unspecified atom stereocenters. The van der Waals surface area contributed by atoms with E-state index in [4.69, 9.17) is 0 Å². The van der Waals surface area contributed by atoms with E-state index in [0.717, 1.165) is 19.6 Å². The monoisotopic (exact) mass is 295 g/mol. The van der Waals surface area contributed by atoms with Gasteiger partial charge in [-0.15, -0.1) is 0 Å². The van der Waals surface area contributed by atoms with Gasteiger partial charge in [0.2, 0.25) is 0 Å². The third kappa shape index (κ3) is 4.45. The normalized spacial score (nSPS) is 11.4. The van der Waals surface area contributed by atoms with Gasteiger partial charge in [0.25, 0.3) is 0 Å². The lowest BCUT2D eigenvalue weighted by molar-refractivity contribution is 0.295. The van der Waals surface area contributed by atoms with Crippen LogP contribution in [0, 0.1) is 13.8 Å². The van der Waals surface area contributed by atoms with E-state index in [9.17, 15) is 0 Å². The molecule has 118 valence electrons. The van der Waals surface area contributed by atoms with E-state index < -0.39 is 0 Å². The number of aryl methyl sites for hydroxylation is 2. The summed E-state index contributed by atoms with van der Waals surface area (Å²) in [5.41, 5.74) is 5.52. The molecule has 0 aromatic heterocycles. The zero-order valence-corrected chi connectivity index (χ0v) is 14.5. The Kier molecular flexibility index (Phi) is 6.21. The van der Waals surface area contributed by atoms with Crippen molar-refractivity contribution in [1.29, 1.82) is 0 Å². The number of benzene rings is 2. The Bertz CT molecular complexity index is 504. The predicted molar refractivity (Wildman–Crippen MR) is 96.6 cm³/mol. The molecule has 0 saturated carbocycles. The molecule has 0 saturated heterocycles.